The molecule has 0 amide bonds. The summed E-state index contributed by atoms with van der Waals surface area (Å²) in [7, 11) is 0. The molecule has 3 aromatic heterocycles. The van der Waals surface area contributed by atoms with Gasteiger partial charge in [0.05, 0.1) is 33.4 Å². The van der Waals surface area contributed by atoms with Crippen molar-refractivity contribution in [2.45, 2.75) is 53.6 Å². The Morgan fingerprint density at radius 1 is 0.493 bits per heavy atom. The van der Waals surface area contributed by atoms with Crippen LogP contribution < -0.4 is 9.30 Å². The van der Waals surface area contributed by atoms with Crippen molar-refractivity contribution in [1.82, 2.24) is 14.1 Å². The van der Waals surface area contributed by atoms with Crippen LogP contribution in [0.4, 0.5) is 0 Å². The maximum atomic E-state index is 8.88. The van der Waals surface area contributed by atoms with Crippen LogP contribution in [0.1, 0.15) is 65.0 Å². The first-order valence-electron chi connectivity index (χ1n) is 30.3. The van der Waals surface area contributed by atoms with Crippen molar-refractivity contribution in [2.75, 3.05) is 0 Å². The van der Waals surface area contributed by atoms with Crippen LogP contribution in [0.5, 0.6) is 11.5 Å². The molecule has 352 valence electrons. The molecule has 0 spiro atoms. The quantitative estimate of drug-likeness (QED) is 0.123. The van der Waals surface area contributed by atoms with Gasteiger partial charge >= 0.3 is 0 Å². The van der Waals surface area contributed by atoms with Gasteiger partial charge < -0.3 is 4.74 Å². The Morgan fingerprint density at radius 2 is 1.08 bits per heavy atom. The Balaban J connectivity index is 1.12. The molecule has 9 aromatic carbocycles. The second kappa shape index (κ2) is 16.9. The number of ether oxygens (including phenoxy) is 1. The lowest BCUT2D eigenvalue weighted by atomic mass is 9.86. The van der Waals surface area contributed by atoms with Gasteiger partial charge in [-0.05, 0) is 171 Å². The zero-order valence-corrected chi connectivity index (χ0v) is 40.2. The van der Waals surface area contributed by atoms with Crippen molar-refractivity contribution in [1.29, 1.82) is 0 Å². The molecule has 5 heteroatoms. The van der Waals surface area contributed by atoms with E-state index in [-0.39, 0.29) is 38.8 Å². The van der Waals surface area contributed by atoms with Gasteiger partial charge in [-0.25, -0.2) is 4.98 Å². The average Bonchev–Trinajstić information content (AvgIpc) is 1.68. The number of pyridine rings is 1. The Morgan fingerprint density at radius 3 is 1.79 bits per heavy atom. The third kappa shape index (κ3) is 7.21. The lowest BCUT2D eigenvalue weighted by Crippen LogP contribution is -2.32. The van der Waals surface area contributed by atoms with E-state index < -0.39 is 27.4 Å². The first kappa shape index (κ1) is 33.0. The number of imidazole rings is 1. The number of rotatable bonds is 6. The second-order valence-electron chi connectivity index (χ2n) is 19.7. The summed E-state index contributed by atoms with van der Waals surface area (Å²) in [4.78, 5) is 4.87. The molecule has 0 bridgehead atoms. The van der Waals surface area contributed by atoms with Crippen LogP contribution in [0.25, 0.3) is 106 Å². The molecule has 1 aliphatic rings. The molecule has 0 aliphatic carbocycles. The molecular formula is C68H54N4O. The summed E-state index contributed by atoms with van der Waals surface area (Å²) in [5, 5.41) is 2.06. The lowest BCUT2D eigenvalue weighted by molar-refractivity contribution is -0.570. The minimum Gasteiger partial charge on any atom is -0.458 e. The molecule has 1 aliphatic heterocycles. The molecule has 0 unspecified atom stereocenters. The molecule has 12 aromatic rings. The van der Waals surface area contributed by atoms with Gasteiger partial charge in [0.2, 0.25) is 0 Å². The van der Waals surface area contributed by atoms with E-state index in [1.54, 1.807) is 22.8 Å². The summed E-state index contributed by atoms with van der Waals surface area (Å²) >= 11 is 0. The van der Waals surface area contributed by atoms with E-state index in [1.165, 1.54) is 36.4 Å². The summed E-state index contributed by atoms with van der Waals surface area (Å²) in [5.74, 6) is 1.74. The van der Waals surface area contributed by atoms with Crippen LogP contribution in [-0.4, -0.2) is 14.1 Å². The predicted octanol–water partition coefficient (Wildman–Crippen LogP) is 17.2. The summed E-state index contributed by atoms with van der Waals surface area (Å²) in [6, 6.07) is 59.0. The summed E-state index contributed by atoms with van der Waals surface area (Å²) in [5.41, 5.74) is 8.97. The van der Waals surface area contributed by atoms with Crippen molar-refractivity contribution in [3.8, 4) is 84.3 Å². The summed E-state index contributed by atoms with van der Waals surface area (Å²) in [6.45, 7) is -4.51. The molecule has 4 heterocycles. The molecular weight excluding hydrogens is 889 g/mol. The highest BCUT2D eigenvalue weighted by atomic mass is 16.5. The van der Waals surface area contributed by atoms with E-state index in [9.17, 15) is 0 Å². The first-order valence-corrected chi connectivity index (χ1v) is 24.3. The maximum absolute atomic E-state index is 8.88. The van der Waals surface area contributed by atoms with Crippen molar-refractivity contribution in [3.63, 3.8) is 0 Å². The number of fused-ring (bicyclic) bond motifs is 10. The second-order valence-corrected chi connectivity index (χ2v) is 19.7. The van der Waals surface area contributed by atoms with Gasteiger partial charge in [-0.3, -0.25) is 13.7 Å². The lowest BCUT2D eigenvalue weighted by Gasteiger charge is -2.20. The van der Waals surface area contributed by atoms with Gasteiger partial charge in [-0.2, -0.15) is 0 Å². The van der Waals surface area contributed by atoms with Gasteiger partial charge in [0.1, 0.15) is 17.3 Å². The van der Waals surface area contributed by atoms with E-state index >= 15 is 0 Å². The molecule has 5 nitrogen and oxygen atoms in total. The average molecular weight is 955 g/mol. The first-order chi connectivity index (χ1) is 40.3. The highest BCUT2D eigenvalue weighted by molar-refractivity contribution is 6.09. The highest BCUT2D eigenvalue weighted by Gasteiger charge is 2.28. The van der Waals surface area contributed by atoms with Crippen molar-refractivity contribution >= 4 is 32.8 Å². The van der Waals surface area contributed by atoms with Crippen molar-refractivity contribution in [3.05, 3.63) is 234 Å². The number of benzene rings is 9. The Labute approximate surface area is 443 Å². The molecule has 0 atom stereocenters. The number of nitrogens with zero attached hydrogens (tertiary/aromatic N) is 4. The third-order valence-corrected chi connectivity index (χ3v) is 14.2. The largest absolute Gasteiger partial charge is 0.458 e. The van der Waals surface area contributed by atoms with Gasteiger partial charge in [-0.1, -0.05) is 154 Å². The Bertz CT molecular complexity index is 4630. The standard InChI is InChI=1S/C68H54N4O/c1-42-18-14-19-43(2)64(42)46-36-59-54-27-11-9-25-52(54)51-24-8-10-26-53(51)57-29-17-30-58(65-44(3)20-15-21-45(65)4)66(57)71-41-70(62(37-46)67(59)71)48-22-16-23-49(39-48)73-50-32-33-56-55-28-12-13-31-60(55)72(61(56)40-50)63-38-47(34-35-69-63)68(5,6)7/h8-40H,1-7H3/i1D3,2D3,3D3,4D3. The molecule has 0 fully saturated rings. The molecule has 0 saturated heterocycles. The van der Waals surface area contributed by atoms with Crippen LogP contribution in [0.15, 0.2) is 200 Å². The van der Waals surface area contributed by atoms with E-state index in [0.717, 1.165) is 49.9 Å². The SMILES string of the molecule is [2H]C([2H])([2H])c1cccc(C([2H])([2H])[2H])c1-c1cc2c3c(c1)n(-c1cccc(Oc4ccc5c6ccccc6n(-c6cc(C(C)(C)C)ccn6)c5c4)c1)[c-][n+]3-c1c(cccc1-c1c(C([2H])([2H])[2H])cccc1C([2H])([2H])[2H])-c1ccccc1-c1ccccc1-2. The van der Waals surface area contributed by atoms with E-state index in [4.69, 9.17) is 26.2 Å². The predicted molar refractivity (Wildman–Crippen MR) is 301 cm³/mol. The van der Waals surface area contributed by atoms with Crippen LogP contribution in [0, 0.1) is 33.7 Å². The van der Waals surface area contributed by atoms with E-state index in [1.807, 2.05) is 132 Å². The molecule has 13 rings (SSSR count). The normalized spacial score (nSPS) is 15.2. The summed E-state index contributed by atoms with van der Waals surface area (Å²) < 4.78 is 119. The third-order valence-electron chi connectivity index (χ3n) is 14.2. The Hall–Kier alpha value is -8.80. The molecule has 0 saturated carbocycles. The minimum atomic E-state index is -2.76. The molecule has 73 heavy (non-hydrogen) atoms. The Kier molecular flexibility index (Phi) is 7.64. The van der Waals surface area contributed by atoms with E-state index in [0.29, 0.717) is 61.7 Å². The van der Waals surface area contributed by atoms with Crippen LogP contribution in [-0.2, 0) is 5.41 Å². The number of para-hydroxylation sites is 2. The number of hydrogen-bond acceptors (Lipinski definition) is 2. The maximum Gasteiger partial charge on any atom is 0.269 e. The fourth-order valence-electron chi connectivity index (χ4n) is 10.8. The van der Waals surface area contributed by atoms with Crippen molar-refractivity contribution in [2.24, 2.45) is 0 Å². The number of hydrogen-bond donors (Lipinski definition) is 0. The molecule has 0 N–H and O–H groups in total. The number of aryl methyl sites for hydroxylation is 4. The zero-order chi connectivity index (χ0) is 59.7. The van der Waals surface area contributed by atoms with Crippen LogP contribution in [0.2, 0.25) is 0 Å². The van der Waals surface area contributed by atoms with Crippen LogP contribution >= 0.6 is 0 Å². The summed E-state index contributed by atoms with van der Waals surface area (Å²) in [6.07, 6.45) is 5.53. The van der Waals surface area contributed by atoms with Gasteiger partial charge in [0, 0.05) is 39.5 Å². The smallest absolute Gasteiger partial charge is 0.269 e. The van der Waals surface area contributed by atoms with Crippen LogP contribution in [0.3, 0.4) is 0 Å². The van der Waals surface area contributed by atoms with Crippen molar-refractivity contribution < 1.29 is 25.8 Å². The number of aromatic nitrogens is 4. The minimum absolute atomic E-state index is 0.0200. The van der Waals surface area contributed by atoms with E-state index in [2.05, 4.69) is 49.9 Å². The van der Waals surface area contributed by atoms with Gasteiger partial charge in [0.15, 0.2) is 0 Å². The topological polar surface area (TPSA) is 35.9 Å². The highest BCUT2D eigenvalue weighted by Crippen LogP contribution is 2.47. The van der Waals surface area contributed by atoms with Gasteiger partial charge in [0.25, 0.3) is 6.33 Å². The fraction of sp³-hybridized carbons (Fsp3) is 0.118. The van der Waals surface area contributed by atoms with Gasteiger partial charge in [-0.15, -0.1) is 0 Å². The monoisotopic (exact) mass is 955 g/mol. The molecule has 0 radical (unpaired) electrons. The fourth-order valence-corrected chi connectivity index (χ4v) is 10.8. The zero-order valence-electron chi connectivity index (χ0n) is 52.2.